The van der Waals surface area contributed by atoms with Crippen LogP contribution in [0.3, 0.4) is 0 Å². The highest BCUT2D eigenvalue weighted by atomic mass is 35.5. The number of carbonyl (C=O) groups excluding carboxylic acids is 1. The summed E-state index contributed by atoms with van der Waals surface area (Å²) in [6.45, 7) is 0.348. The smallest absolute Gasteiger partial charge is 0.245 e. The van der Waals surface area contributed by atoms with Crippen LogP contribution in [0.1, 0.15) is 0 Å². The van der Waals surface area contributed by atoms with E-state index in [1.165, 1.54) is 47.8 Å². The highest BCUT2D eigenvalue weighted by Gasteiger charge is 2.28. The van der Waals surface area contributed by atoms with E-state index in [9.17, 15) is 21.6 Å². The molecule has 0 aromatic heterocycles. The predicted molar refractivity (Wildman–Crippen MR) is 130 cm³/mol. The first-order valence-electron chi connectivity index (χ1n) is 9.92. The highest BCUT2D eigenvalue weighted by Crippen LogP contribution is 2.34. The van der Waals surface area contributed by atoms with Crippen molar-refractivity contribution in [3.8, 4) is 5.75 Å². The Balaban J connectivity index is 1.89. The molecule has 10 nitrogen and oxygen atoms in total. The maximum atomic E-state index is 13.0. The first-order valence-corrected chi connectivity index (χ1v) is 14.0. The largest absolute Gasteiger partial charge is 0.495 e. The molecule has 1 aliphatic heterocycles. The summed E-state index contributed by atoms with van der Waals surface area (Å²) in [4.78, 5) is 12.8. The third kappa shape index (κ3) is 5.93. The lowest BCUT2D eigenvalue weighted by atomic mass is 10.3. The van der Waals surface area contributed by atoms with Crippen LogP contribution < -0.4 is 14.4 Å². The van der Waals surface area contributed by atoms with Gasteiger partial charge in [0.25, 0.3) is 0 Å². The lowest BCUT2D eigenvalue weighted by Gasteiger charge is -2.26. The van der Waals surface area contributed by atoms with Gasteiger partial charge in [0.05, 0.1) is 52.9 Å². The van der Waals surface area contributed by atoms with Gasteiger partial charge < -0.3 is 14.8 Å². The normalized spacial score (nSPS) is 15.1. The fourth-order valence-electron chi connectivity index (χ4n) is 3.27. The van der Waals surface area contributed by atoms with E-state index in [1.54, 1.807) is 0 Å². The van der Waals surface area contributed by atoms with Gasteiger partial charge in [0, 0.05) is 13.1 Å². The van der Waals surface area contributed by atoms with Crippen LogP contribution in [0.5, 0.6) is 5.75 Å². The molecular weight excluding hydrogens is 529 g/mol. The summed E-state index contributed by atoms with van der Waals surface area (Å²) in [7, 11) is -6.40. The third-order valence-electron chi connectivity index (χ3n) is 4.94. The molecule has 34 heavy (non-hydrogen) atoms. The number of carbonyl (C=O) groups is 1. The number of benzene rings is 2. The molecule has 0 unspecified atom stereocenters. The van der Waals surface area contributed by atoms with Crippen molar-refractivity contribution in [1.29, 1.82) is 0 Å². The molecule has 1 aliphatic rings. The highest BCUT2D eigenvalue weighted by molar-refractivity contribution is 7.92. The zero-order valence-corrected chi connectivity index (χ0v) is 21.5. The van der Waals surface area contributed by atoms with E-state index >= 15 is 0 Å². The Morgan fingerprint density at radius 1 is 1.15 bits per heavy atom. The van der Waals surface area contributed by atoms with Crippen molar-refractivity contribution < 1.29 is 31.1 Å². The van der Waals surface area contributed by atoms with E-state index in [1.807, 2.05) is 0 Å². The summed E-state index contributed by atoms with van der Waals surface area (Å²) in [5, 5.41) is 2.62. The minimum absolute atomic E-state index is 0.0291. The molecule has 0 bridgehead atoms. The number of rotatable bonds is 8. The third-order valence-corrected chi connectivity index (χ3v) is 8.77. The van der Waals surface area contributed by atoms with Crippen LogP contribution in [0, 0.1) is 0 Å². The summed E-state index contributed by atoms with van der Waals surface area (Å²) in [6, 6.07) is 8.44. The molecule has 0 spiro atoms. The molecule has 14 heteroatoms. The van der Waals surface area contributed by atoms with Crippen molar-refractivity contribution in [2.75, 3.05) is 55.8 Å². The van der Waals surface area contributed by atoms with Crippen LogP contribution in [-0.2, 0) is 29.6 Å². The first-order chi connectivity index (χ1) is 15.9. The molecule has 0 atom stereocenters. The summed E-state index contributed by atoms with van der Waals surface area (Å²) in [5.74, 6) is -0.554. The van der Waals surface area contributed by atoms with Crippen LogP contribution in [-0.4, -0.2) is 73.3 Å². The molecule has 3 rings (SSSR count). The van der Waals surface area contributed by atoms with Crippen molar-refractivity contribution in [1.82, 2.24) is 4.31 Å². The average molecular weight is 552 g/mol. The second-order valence-corrected chi connectivity index (χ2v) is 11.9. The SMILES string of the molecule is COc1ccc(S(=O)(=O)N2CCOCC2)cc1NC(=O)CN(c1cccc(Cl)c1Cl)S(C)(=O)=O. The van der Waals surface area contributed by atoms with E-state index in [0.717, 1.165) is 10.6 Å². The fraction of sp³-hybridized carbons (Fsp3) is 0.350. The molecule has 0 saturated carbocycles. The van der Waals surface area contributed by atoms with Gasteiger partial charge in [-0.1, -0.05) is 29.3 Å². The number of ether oxygens (including phenoxy) is 2. The number of morpholine rings is 1. The van der Waals surface area contributed by atoms with Gasteiger partial charge in [-0.3, -0.25) is 9.10 Å². The number of amides is 1. The van der Waals surface area contributed by atoms with Crippen molar-refractivity contribution in [2.45, 2.75) is 4.90 Å². The molecule has 1 amide bonds. The number of anilines is 2. The maximum absolute atomic E-state index is 13.0. The molecule has 1 fully saturated rings. The Labute approximate surface area is 208 Å². The maximum Gasteiger partial charge on any atom is 0.245 e. The number of nitrogens with one attached hydrogen (secondary N) is 1. The Morgan fingerprint density at radius 2 is 1.82 bits per heavy atom. The minimum Gasteiger partial charge on any atom is -0.495 e. The molecule has 0 aliphatic carbocycles. The van der Waals surface area contributed by atoms with Gasteiger partial charge in [-0.25, -0.2) is 16.8 Å². The van der Waals surface area contributed by atoms with E-state index in [4.69, 9.17) is 32.7 Å². The van der Waals surface area contributed by atoms with Gasteiger partial charge in [0.2, 0.25) is 26.0 Å². The monoisotopic (exact) mass is 551 g/mol. The van der Waals surface area contributed by atoms with Crippen LogP contribution in [0.25, 0.3) is 0 Å². The van der Waals surface area contributed by atoms with Gasteiger partial charge in [-0.05, 0) is 30.3 Å². The Bertz CT molecular complexity index is 1280. The number of hydrogen-bond acceptors (Lipinski definition) is 7. The molecular formula is C20H23Cl2N3O7S2. The first kappa shape index (κ1) is 26.5. The predicted octanol–water partition coefficient (Wildman–Crippen LogP) is 2.43. The van der Waals surface area contributed by atoms with Crippen molar-refractivity contribution in [3.63, 3.8) is 0 Å². The number of hydrogen-bond donors (Lipinski definition) is 1. The second kappa shape index (κ2) is 10.7. The Hall–Kier alpha value is -2.09. The summed E-state index contributed by atoms with van der Waals surface area (Å²) < 4.78 is 63.3. The van der Waals surface area contributed by atoms with Gasteiger partial charge in [0.1, 0.15) is 12.3 Å². The van der Waals surface area contributed by atoms with E-state index in [2.05, 4.69) is 5.32 Å². The molecule has 2 aromatic rings. The number of sulfonamides is 2. The van der Waals surface area contributed by atoms with E-state index in [0.29, 0.717) is 0 Å². The van der Waals surface area contributed by atoms with Gasteiger partial charge in [-0.15, -0.1) is 0 Å². The van der Waals surface area contributed by atoms with Gasteiger partial charge in [-0.2, -0.15) is 4.31 Å². The molecule has 2 aromatic carbocycles. The lowest BCUT2D eigenvalue weighted by molar-refractivity contribution is -0.114. The fourth-order valence-corrected chi connectivity index (χ4v) is 6.01. The van der Waals surface area contributed by atoms with E-state index in [-0.39, 0.29) is 58.4 Å². The van der Waals surface area contributed by atoms with Crippen molar-refractivity contribution in [2.24, 2.45) is 0 Å². The molecule has 1 N–H and O–H groups in total. The quantitative estimate of drug-likeness (QED) is 0.534. The topological polar surface area (TPSA) is 122 Å². The second-order valence-electron chi connectivity index (χ2n) is 7.27. The zero-order valence-electron chi connectivity index (χ0n) is 18.3. The summed E-state index contributed by atoms with van der Waals surface area (Å²) >= 11 is 12.2. The molecule has 1 saturated heterocycles. The van der Waals surface area contributed by atoms with Crippen LogP contribution in [0.15, 0.2) is 41.3 Å². The summed E-state index contributed by atoms with van der Waals surface area (Å²) in [5.41, 5.74) is 0.0925. The van der Waals surface area contributed by atoms with Crippen LogP contribution in [0.4, 0.5) is 11.4 Å². The van der Waals surface area contributed by atoms with Crippen LogP contribution in [0.2, 0.25) is 10.0 Å². The molecule has 186 valence electrons. The Kier molecular flexibility index (Phi) is 8.32. The minimum atomic E-state index is -3.92. The van der Waals surface area contributed by atoms with Crippen molar-refractivity contribution in [3.05, 3.63) is 46.4 Å². The average Bonchev–Trinajstić information content (AvgIpc) is 2.79. The lowest BCUT2D eigenvalue weighted by Crippen LogP contribution is -2.40. The van der Waals surface area contributed by atoms with Gasteiger partial charge >= 0.3 is 0 Å². The van der Waals surface area contributed by atoms with Crippen LogP contribution >= 0.6 is 23.2 Å². The van der Waals surface area contributed by atoms with Crippen molar-refractivity contribution >= 4 is 60.5 Å². The standard InChI is InChI=1S/C20H23Cl2N3O7S2/c1-31-18-7-6-14(34(29,30)24-8-10-32-11-9-24)12-16(18)23-19(26)13-25(33(2,27)28)17-5-3-4-15(21)20(17)22/h3-7,12H,8-11,13H2,1-2H3,(H,23,26). The zero-order chi connectivity index (χ0) is 25.1. The Morgan fingerprint density at radius 3 is 2.44 bits per heavy atom. The molecule has 0 radical (unpaired) electrons. The molecule has 1 heterocycles. The van der Waals surface area contributed by atoms with Gasteiger partial charge in [0.15, 0.2) is 0 Å². The number of nitrogens with zero attached hydrogens (tertiary/aromatic N) is 2. The number of halogens is 2. The number of methoxy groups -OCH3 is 1. The summed E-state index contributed by atoms with van der Waals surface area (Å²) in [6.07, 6.45) is 0.924. The van der Waals surface area contributed by atoms with E-state index < -0.39 is 32.5 Å².